The van der Waals surface area contributed by atoms with Crippen molar-refractivity contribution in [3.8, 4) is 0 Å². The summed E-state index contributed by atoms with van der Waals surface area (Å²) in [5, 5.41) is 1.11. The summed E-state index contributed by atoms with van der Waals surface area (Å²) < 4.78 is 0. The van der Waals surface area contributed by atoms with Crippen molar-refractivity contribution in [1.29, 1.82) is 0 Å². The van der Waals surface area contributed by atoms with Gasteiger partial charge in [-0.25, -0.2) is 0 Å². The first kappa shape index (κ1) is 15.8. The van der Waals surface area contributed by atoms with Gasteiger partial charge in [0.25, 0.3) is 0 Å². The molecule has 110 valence electrons. The lowest BCUT2D eigenvalue weighted by molar-refractivity contribution is -0.131. The molecule has 2 N–H and O–H groups in total. The van der Waals surface area contributed by atoms with Gasteiger partial charge in [-0.2, -0.15) is 0 Å². The van der Waals surface area contributed by atoms with Crippen molar-refractivity contribution in [2.45, 2.75) is 12.6 Å². The van der Waals surface area contributed by atoms with Crippen LogP contribution in [0, 0.1) is 0 Å². The zero-order chi connectivity index (χ0) is 15.4. The molecule has 1 atom stereocenters. The third kappa shape index (κ3) is 3.97. The van der Waals surface area contributed by atoms with E-state index in [0.29, 0.717) is 16.6 Å². The number of carbonyl (C=O) groups is 1. The van der Waals surface area contributed by atoms with Crippen molar-refractivity contribution < 1.29 is 4.79 Å². The number of halogens is 2. The highest BCUT2D eigenvalue weighted by atomic mass is 35.5. The first-order chi connectivity index (χ1) is 9.99. The molecule has 0 heterocycles. The summed E-state index contributed by atoms with van der Waals surface area (Å²) in [7, 11) is 1.70. The maximum Gasteiger partial charge on any atom is 0.244 e. The van der Waals surface area contributed by atoms with Crippen LogP contribution in [0.4, 0.5) is 0 Å². The van der Waals surface area contributed by atoms with Crippen molar-refractivity contribution >= 4 is 29.1 Å². The quantitative estimate of drug-likeness (QED) is 0.933. The summed E-state index contributed by atoms with van der Waals surface area (Å²) in [5.41, 5.74) is 7.63. The standard InChI is InChI=1S/C16H16Cl2N2O/c1-20(10-12-7-8-13(17)9-14(12)18)16(21)15(19)11-5-3-2-4-6-11/h2-9,15H,10,19H2,1H3/t15-/m1/s1. The van der Waals surface area contributed by atoms with Gasteiger partial charge in [0.2, 0.25) is 5.91 Å². The number of hydrogen-bond donors (Lipinski definition) is 1. The molecule has 0 aliphatic heterocycles. The Labute approximate surface area is 134 Å². The molecule has 3 nitrogen and oxygen atoms in total. The van der Waals surface area contributed by atoms with E-state index in [1.54, 1.807) is 24.1 Å². The second-order valence-corrected chi connectivity index (χ2v) is 5.66. The number of benzene rings is 2. The van der Waals surface area contributed by atoms with E-state index in [0.717, 1.165) is 11.1 Å². The Bertz CT molecular complexity index is 631. The monoisotopic (exact) mass is 322 g/mol. The van der Waals surface area contributed by atoms with Gasteiger partial charge in [-0.15, -0.1) is 0 Å². The molecule has 5 heteroatoms. The van der Waals surface area contributed by atoms with Crippen LogP contribution >= 0.6 is 23.2 Å². The lowest BCUT2D eigenvalue weighted by Crippen LogP contribution is -2.35. The Morgan fingerprint density at radius 3 is 2.48 bits per heavy atom. The molecule has 2 aromatic rings. The van der Waals surface area contributed by atoms with E-state index in [2.05, 4.69) is 0 Å². The third-order valence-electron chi connectivity index (χ3n) is 3.22. The fourth-order valence-corrected chi connectivity index (χ4v) is 2.49. The van der Waals surface area contributed by atoms with E-state index in [1.807, 2.05) is 36.4 Å². The minimum atomic E-state index is -0.678. The molecule has 0 aromatic heterocycles. The number of amides is 1. The summed E-state index contributed by atoms with van der Waals surface area (Å²) >= 11 is 12.0. The summed E-state index contributed by atoms with van der Waals surface area (Å²) in [6.45, 7) is 0.384. The molecular formula is C16H16Cl2N2O. The highest BCUT2D eigenvalue weighted by Crippen LogP contribution is 2.23. The van der Waals surface area contributed by atoms with E-state index < -0.39 is 6.04 Å². The van der Waals surface area contributed by atoms with Gasteiger partial charge in [-0.3, -0.25) is 4.79 Å². The molecule has 0 aliphatic rings. The topological polar surface area (TPSA) is 46.3 Å². The van der Waals surface area contributed by atoms with Gasteiger partial charge in [-0.05, 0) is 23.3 Å². The molecule has 0 bridgehead atoms. The zero-order valence-corrected chi connectivity index (χ0v) is 13.1. The third-order valence-corrected chi connectivity index (χ3v) is 3.81. The van der Waals surface area contributed by atoms with Gasteiger partial charge in [-0.1, -0.05) is 59.6 Å². The first-order valence-corrected chi connectivity index (χ1v) is 7.24. The van der Waals surface area contributed by atoms with E-state index in [4.69, 9.17) is 28.9 Å². The smallest absolute Gasteiger partial charge is 0.244 e. The number of rotatable bonds is 4. The number of likely N-dealkylation sites (N-methyl/N-ethyl adjacent to an activating group) is 1. The SMILES string of the molecule is CN(Cc1ccc(Cl)cc1Cl)C(=O)[C@H](N)c1ccccc1. The second kappa shape index (κ2) is 6.94. The first-order valence-electron chi connectivity index (χ1n) is 6.48. The number of nitrogens with zero attached hydrogens (tertiary/aromatic N) is 1. The highest BCUT2D eigenvalue weighted by molar-refractivity contribution is 6.35. The highest BCUT2D eigenvalue weighted by Gasteiger charge is 2.20. The minimum absolute atomic E-state index is 0.160. The number of nitrogens with two attached hydrogens (primary N) is 1. The zero-order valence-electron chi connectivity index (χ0n) is 11.6. The van der Waals surface area contributed by atoms with Gasteiger partial charge in [0.05, 0.1) is 0 Å². The van der Waals surface area contributed by atoms with Gasteiger partial charge < -0.3 is 10.6 Å². The number of carbonyl (C=O) groups excluding carboxylic acids is 1. The van der Waals surface area contributed by atoms with Gasteiger partial charge in [0, 0.05) is 23.6 Å². The molecule has 0 aliphatic carbocycles. The van der Waals surface area contributed by atoms with Crippen molar-refractivity contribution in [2.24, 2.45) is 5.73 Å². The normalized spacial score (nSPS) is 12.0. The number of hydrogen-bond acceptors (Lipinski definition) is 2. The average molecular weight is 323 g/mol. The van der Waals surface area contributed by atoms with Crippen molar-refractivity contribution in [3.63, 3.8) is 0 Å². The van der Waals surface area contributed by atoms with Crippen LogP contribution < -0.4 is 5.73 Å². The van der Waals surface area contributed by atoms with Crippen LogP contribution in [-0.2, 0) is 11.3 Å². The molecule has 0 fully saturated rings. The van der Waals surface area contributed by atoms with E-state index in [9.17, 15) is 4.79 Å². The molecule has 0 radical (unpaired) electrons. The van der Waals surface area contributed by atoms with Gasteiger partial charge >= 0.3 is 0 Å². The molecule has 0 saturated carbocycles. The molecule has 0 unspecified atom stereocenters. The lowest BCUT2D eigenvalue weighted by Gasteiger charge is -2.22. The van der Waals surface area contributed by atoms with E-state index in [1.165, 1.54) is 0 Å². The van der Waals surface area contributed by atoms with Crippen LogP contribution in [0.1, 0.15) is 17.2 Å². The maximum atomic E-state index is 12.4. The lowest BCUT2D eigenvalue weighted by atomic mass is 10.1. The van der Waals surface area contributed by atoms with Crippen LogP contribution in [0.3, 0.4) is 0 Å². The van der Waals surface area contributed by atoms with Crippen LogP contribution in [0.25, 0.3) is 0 Å². The molecule has 1 amide bonds. The Morgan fingerprint density at radius 1 is 1.19 bits per heavy atom. The molecule has 2 rings (SSSR count). The Kier molecular flexibility index (Phi) is 5.23. The Morgan fingerprint density at radius 2 is 1.86 bits per heavy atom. The summed E-state index contributed by atoms with van der Waals surface area (Å²) in [4.78, 5) is 13.9. The van der Waals surface area contributed by atoms with Gasteiger partial charge in [0.15, 0.2) is 0 Å². The average Bonchev–Trinajstić information content (AvgIpc) is 2.49. The summed E-state index contributed by atoms with van der Waals surface area (Å²) in [6, 6.07) is 13.8. The fourth-order valence-electron chi connectivity index (χ4n) is 2.02. The van der Waals surface area contributed by atoms with Crippen molar-refractivity contribution in [2.75, 3.05) is 7.05 Å². The van der Waals surface area contributed by atoms with Crippen LogP contribution in [0.15, 0.2) is 48.5 Å². The Hall–Kier alpha value is -1.55. The van der Waals surface area contributed by atoms with Crippen molar-refractivity contribution in [3.05, 3.63) is 69.7 Å². The molecule has 0 spiro atoms. The Balaban J connectivity index is 2.09. The summed E-state index contributed by atoms with van der Waals surface area (Å²) in [6.07, 6.45) is 0. The molecule has 21 heavy (non-hydrogen) atoms. The van der Waals surface area contributed by atoms with E-state index in [-0.39, 0.29) is 5.91 Å². The fraction of sp³-hybridized carbons (Fsp3) is 0.188. The second-order valence-electron chi connectivity index (χ2n) is 4.82. The predicted octanol–water partition coefficient (Wildman–Crippen LogP) is 3.65. The molecule has 2 aromatic carbocycles. The largest absolute Gasteiger partial charge is 0.340 e. The summed E-state index contributed by atoms with van der Waals surface area (Å²) in [5.74, 6) is -0.160. The predicted molar refractivity (Wildman–Crippen MR) is 86.3 cm³/mol. The van der Waals surface area contributed by atoms with Crippen LogP contribution in [0.2, 0.25) is 10.0 Å². The van der Waals surface area contributed by atoms with Crippen molar-refractivity contribution in [1.82, 2.24) is 4.90 Å². The minimum Gasteiger partial charge on any atom is -0.340 e. The van der Waals surface area contributed by atoms with Crippen LogP contribution in [-0.4, -0.2) is 17.9 Å². The van der Waals surface area contributed by atoms with E-state index >= 15 is 0 Å². The molecular weight excluding hydrogens is 307 g/mol. The van der Waals surface area contributed by atoms with Crippen LogP contribution in [0.5, 0.6) is 0 Å². The van der Waals surface area contributed by atoms with Gasteiger partial charge in [0.1, 0.15) is 6.04 Å². The molecule has 0 saturated heterocycles. The maximum absolute atomic E-state index is 12.4.